The van der Waals surface area contributed by atoms with Gasteiger partial charge in [0.1, 0.15) is 0 Å². The lowest BCUT2D eigenvalue weighted by molar-refractivity contribution is 0.687. The lowest BCUT2D eigenvalue weighted by Crippen LogP contribution is -2.13. The lowest BCUT2D eigenvalue weighted by Gasteiger charge is -2.04. The molecule has 2 aromatic heterocycles. The van der Waals surface area contributed by atoms with Crippen LogP contribution in [0.15, 0.2) is 30.7 Å². The van der Waals surface area contributed by atoms with E-state index in [2.05, 4.69) is 28.5 Å². The average molecular weight is 230 g/mol. The van der Waals surface area contributed by atoms with Gasteiger partial charge < -0.3 is 5.32 Å². The molecule has 4 nitrogen and oxygen atoms in total. The molecule has 2 heterocycles. The first kappa shape index (κ1) is 11.8. The molecular weight excluding hydrogens is 212 g/mol. The van der Waals surface area contributed by atoms with Crippen molar-refractivity contribution in [1.29, 1.82) is 0 Å². The van der Waals surface area contributed by atoms with Crippen LogP contribution in [-0.2, 0) is 26.6 Å². The average Bonchev–Trinajstić information content (AvgIpc) is 2.71. The van der Waals surface area contributed by atoms with Crippen LogP contribution < -0.4 is 5.32 Å². The predicted molar refractivity (Wildman–Crippen MR) is 67.4 cm³/mol. The first-order chi connectivity index (χ1) is 8.29. The van der Waals surface area contributed by atoms with Crippen molar-refractivity contribution in [2.24, 2.45) is 7.05 Å². The van der Waals surface area contributed by atoms with Gasteiger partial charge >= 0.3 is 0 Å². The minimum atomic E-state index is 0.860. The number of hydrogen-bond acceptors (Lipinski definition) is 3. The van der Waals surface area contributed by atoms with Gasteiger partial charge in [-0.05, 0) is 24.1 Å². The van der Waals surface area contributed by atoms with Gasteiger partial charge in [-0.15, -0.1) is 0 Å². The molecule has 0 aromatic carbocycles. The molecule has 0 saturated heterocycles. The van der Waals surface area contributed by atoms with Gasteiger partial charge in [-0.1, -0.05) is 6.92 Å². The van der Waals surface area contributed by atoms with E-state index in [1.165, 1.54) is 16.8 Å². The summed E-state index contributed by atoms with van der Waals surface area (Å²) in [6.07, 6.45) is 6.70. The molecule has 0 saturated carbocycles. The van der Waals surface area contributed by atoms with Gasteiger partial charge in [-0.2, -0.15) is 5.10 Å². The molecule has 0 amide bonds. The molecule has 2 aromatic rings. The SMILES string of the molecule is CCc1nn(C)cc1CNCc1ccncc1. The number of nitrogens with one attached hydrogen (secondary N) is 1. The van der Waals surface area contributed by atoms with Crippen LogP contribution in [-0.4, -0.2) is 14.8 Å². The van der Waals surface area contributed by atoms with Gasteiger partial charge in [0, 0.05) is 44.3 Å². The summed E-state index contributed by atoms with van der Waals surface area (Å²) >= 11 is 0. The number of pyridine rings is 1. The zero-order valence-electron chi connectivity index (χ0n) is 10.3. The first-order valence-electron chi connectivity index (χ1n) is 5.90. The van der Waals surface area contributed by atoms with Crippen molar-refractivity contribution in [3.63, 3.8) is 0 Å². The van der Waals surface area contributed by atoms with Crippen molar-refractivity contribution >= 4 is 0 Å². The van der Waals surface area contributed by atoms with E-state index in [9.17, 15) is 0 Å². The topological polar surface area (TPSA) is 42.7 Å². The minimum absolute atomic E-state index is 0.860. The summed E-state index contributed by atoms with van der Waals surface area (Å²) in [5.74, 6) is 0. The highest BCUT2D eigenvalue weighted by atomic mass is 15.3. The van der Waals surface area contributed by atoms with Crippen molar-refractivity contribution in [3.8, 4) is 0 Å². The molecule has 0 fully saturated rings. The first-order valence-corrected chi connectivity index (χ1v) is 5.90. The van der Waals surface area contributed by atoms with Gasteiger partial charge in [-0.3, -0.25) is 9.67 Å². The van der Waals surface area contributed by atoms with Gasteiger partial charge in [-0.25, -0.2) is 0 Å². The molecule has 0 atom stereocenters. The summed E-state index contributed by atoms with van der Waals surface area (Å²) in [4.78, 5) is 4.00. The molecule has 0 unspecified atom stereocenters. The molecule has 0 radical (unpaired) electrons. The summed E-state index contributed by atoms with van der Waals surface area (Å²) < 4.78 is 1.88. The number of aryl methyl sites for hydroxylation is 2. The van der Waals surface area contributed by atoms with Gasteiger partial charge in [0.2, 0.25) is 0 Å². The minimum Gasteiger partial charge on any atom is -0.308 e. The van der Waals surface area contributed by atoms with Crippen molar-refractivity contribution in [1.82, 2.24) is 20.1 Å². The van der Waals surface area contributed by atoms with E-state index in [-0.39, 0.29) is 0 Å². The molecule has 17 heavy (non-hydrogen) atoms. The van der Waals surface area contributed by atoms with Crippen LogP contribution in [0.5, 0.6) is 0 Å². The van der Waals surface area contributed by atoms with Crippen molar-refractivity contribution < 1.29 is 0 Å². The Bertz CT molecular complexity index is 462. The van der Waals surface area contributed by atoms with Crippen molar-refractivity contribution in [3.05, 3.63) is 47.5 Å². The van der Waals surface area contributed by atoms with E-state index in [4.69, 9.17) is 0 Å². The molecule has 1 N–H and O–H groups in total. The second-order valence-corrected chi connectivity index (χ2v) is 4.09. The fraction of sp³-hybridized carbons (Fsp3) is 0.385. The second-order valence-electron chi connectivity index (χ2n) is 4.09. The van der Waals surface area contributed by atoms with E-state index >= 15 is 0 Å². The highest BCUT2D eigenvalue weighted by Crippen LogP contribution is 2.07. The monoisotopic (exact) mass is 230 g/mol. The fourth-order valence-electron chi connectivity index (χ4n) is 1.87. The van der Waals surface area contributed by atoms with E-state index < -0.39 is 0 Å². The lowest BCUT2D eigenvalue weighted by atomic mass is 10.2. The normalized spacial score (nSPS) is 10.7. The Hall–Kier alpha value is -1.68. The molecule has 0 aliphatic carbocycles. The third kappa shape index (κ3) is 3.14. The molecule has 0 bridgehead atoms. The highest BCUT2D eigenvalue weighted by molar-refractivity contribution is 5.17. The predicted octanol–water partition coefficient (Wildman–Crippen LogP) is 1.67. The molecule has 0 aliphatic heterocycles. The quantitative estimate of drug-likeness (QED) is 0.849. The van der Waals surface area contributed by atoms with Gasteiger partial charge in [0.15, 0.2) is 0 Å². The number of hydrogen-bond donors (Lipinski definition) is 1. The number of rotatable bonds is 5. The van der Waals surface area contributed by atoms with Crippen molar-refractivity contribution in [2.45, 2.75) is 26.4 Å². The molecule has 0 spiro atoms. The van der Waals surface area contributed by atoms with E-state index in [1.807, 2.05) is 36.3 Å². The van der Waals surface area contributed by atoms with Crippen LogP contribution in [0.1, 0.15) is 23.7 Å². The Morgan fingerprint density at radius 2 is 2.00 bits per heavy atom. The zero-order chi connectivity index (χ0) is 12.1. The Balaban J connectivity index is 1.90. The van der Waals surface area contributed by atoms with Crippen LogP contribution in [0.4, 0.5) is 0 Å². The Morgan fingerprint density at radius 1 is 1.24 bits per heavy atom. The zero-order valence-corrected chi connectivity index (χ0v) is 10.3. The van der Waals surface area contributed by atoms with Crippen LogP contribution >= 0.6 is 0 Å². The summed E-state index contributed by atoms with van der Waals surface area (Å²) in [7, 11) is 1.96. The van der Waals surface area contributed by atoms with Crippen LogP contribution in [0.25, 0.3) is 0 Å². The van der Waals surface area contributed by atoms with E-state index in [1.54, 1.807) is 0 Å². The highest BCUT2D eigenvalue weighted by Gasteiger charge is 2.04. The summed E-state index contributed by atoms with van der Waals surface area (Å²) in [6.45, 7) is 3.86. The Labute approximate surface area is 102 Å². The molecular formula is C13H18N4. The third-order valence-electron chi connectivity index (χ3n) is 2.72. The smallest absolute Gasteiger partial charge is 0.0666 e. The van der Waals surface area contributed by atoms with Gasteiger partial charge in [0.05, 0.1) is 5.69 Å². The van der Waals surface area contributed by atoms with Crippen LogP contribution in [0.3, 0.4) is 0 Å². The fourth-order valence-corrected chi connectivity index (χ4v) is 1.87. The third-order valence-corrected chi connectivity index (χ3v) is 2.72. The van der Waals surface area contributed by atoms with Gasteiger partial charge in [0.25, 0.3) is 0 Å². The Kier molecular flexibility index (Phi) is 3.88. The molecule has 90 valence electrons. The van der Waals surface area contributed by atoms with E-state index in [0.29, 0.717) is 0 Å². The maximum Gasteiger partial charge on any atom is 0.0666 e. The maximum atomic E-state index is 4.42. The standard InChI is InChI=1S/C13H18N4/c1-3-13-12(10-17(2)16-13)9-15-8-11-4-6-14-7-5-11/h4-7,10,15H,3,8-9H2,1-2H3. The summed E-state index contributed by atoms with van der Waals surface area (Å²) in [6, 6.07) is 4.05. The van der Waals surface area contributed by atoms with Crippen LogP contribution in [0.2, 0.25) is 0 Å². The number of nitrogens with zero attached hydrogens (tertiary/aromatic N) is 3. The molecule has 0 aliphatic rings. The molecule has 4 heteroatoms. The second kappa shape index (κ2) is 5.59. The van der Waals surface area contributed by atoms with E-state index in [0.717, 1.165) is 19.5 Å². The summed E-state index contributed by atoms with van der Waals surface area (Å²) in [5, 5.41) is 7.85. The summed E-state index contributed by atoms with van der Waals surface area (Å²) in [5.41, 5.74) is 3.71. The largest absolute Gasteiger partial charge is 0.308 e. The Morgan fingerprint density at radius 3 is 2.71 bits per heavy atom. The maximum absolute atomic E-state index is 4.42. The van der Waals surface area contributed by atoms with Crippen molar-refractivity contribution in [2.75, 3.05) is 0 Å². The van der Waals surface area contributed by atoms with Crippen LogP contribution in [0, 0.1) is 0 Å². The number of aromatic nitrogens is 3. The molecule has 2 rings (SSSR count).